The number of carbonyl (C=O) groups excluding carboxylic acids is 1. The van der Waals surface area contributed by atoms with Crippen LogP contribution in [0.2, 0.25) is 0 Å². The molecule has 4 rings (SSSR count). The van der Waals surface area contributed by atoms with Gasteiger partial charge in [-0.05, 0) is 25.1 Å². The lowest BCUT2D eigenvalue weighted by molar-refractivity contribution is 0.0750. The van der Waals surface area contributed by atoms with Crippen molar-refractivity contribution in [2.75, 3.05) is 36.4 Å². The molecule has 4 heterocycles. The van der Waals surface area contributed by atoms with Gasteiger partial charge in [-0.1, -0.05) is 11.3 Å². The van der Waals surface area contributed by atoms with Gasteiger partial charge in [0.15, 0.2) is 5.13 Å². The second-order valence-electron chi connectivity index (χ2n) is 6.25. The van der Waals surface area contributed by atoms with Gasteiger partial charge in [0.1, 0.15) is 16.5 Å². The van der Waals surface area contributed by atoms with Crippen LogP contribution in [0.4, 0.5) is 21.3 Å². The molecule has 1 fully saturated rings. The second-order valence-corrected chi connectivity index (χ2v) is 7.25. The Hall–Kier alpha value is -3.14. The van der Waals surface area contributed by atoms with E-state index in [4.69, 9.17) is 0 Å². The third-order valence-corrected chi connectivity index (χ3v) is 5.42. The van der Waals surface area contributed by atoms with E-state index in [1.165, 1.54) is 23.5 Å². The van der Waals surface area contributed by atoms with Crippen molar-refractivity contribution in [3.8, 4) is 0 Å². The Morgan fingerprint density at radius 2 is 1.89 bits per heavy atom. The van der Waals surface area contributed by atoms with E-state index in [2.05, 4.69) is 30.2 Å². The Balaban J connectivity index is 1.41. The van der Waals surface area contributed by atoms with Gasteiger partial charge in [-0.15, -0.1) is 0 Å². The summed E-state index contributed by atoms with van der Waals surface area (Å²) < 4.78 is 13.0. The Kier molecular flexibility index (Phi) is 5.11. The zero-order chi connectivity index (χ0) is 19.5. The van der Waals surface area contributed by atoms with Crippen molar-refractivity contribution in [2.45, 2.75) is 6.92 Å². The van der Waals surface area contributed by atoms with Crippen LogP contribution in [0.15, 0.2) is 36.8 Å². The average molecular weight is 399 g/mol. The van der Waals surface area contributed by atoms with Crippen molar-refractivity contribution < 1.29 is 9.18 Å². The first-order valence-electron chi connectivity index (χ1n) is 8.77. The van der Waals surface area contributed by atoms with Crippen molar-refractivity contribution in [2.24, 2.45) is 0 Å². The summed E-state index contributed by atoms with van der Waals surface area (Å²) in [5.41, 5.74) is 0.661. The predicted molar refractivity (Wildman–Crippen MR) is 104 cm³/mol. The minimum atomic E-state index is -0.406. The maximum absolute atomic E-state index is 13.0. The summed E-state index contributed by atoms with van der Waals surface area (Å²) in [6.07, 6.45) is 4.56. The molecule has 0 spiro atoms. The number of halogens is 1. The number of rotatable bonds is 4. The van der Waals surface area contributed by atoms with Crippen LogP contribution in [0.25, 0.3) is 0 Å². The third kappa shape index (κ3) is 3.91. The lowest BCUT2D eigenvalue weighted by Crippen LogP contribution is -2.49. The molecule has 1 N–H and O–H groups in total. The molecule has 0 radical (unpaired) electrons. The lowest BCUT2D eigenvalue weighted by atomic mass is 10.3. The molecule has 0 aromatic carbocycles. The van der Waals surface area contributed by atoms with E-state index in [0.717, 1.165) is 6.20 Å². The van der Waals surface area contributed by atoms with Gasteiger partial charge < -0.3 is 15.1 Å². The van der Waals surface area contributed by atoms with Crippen LogP contribution >= 0.6 is 11.3 Å². The normalized spacial score (nSPS) is 14.2. The maximum Gasteiger partial charge on any atom is 0.266 e. The summed E-state index contributed by atoms with van der Waals surface area (Å²) in [5, 5.41) is 3.56. The van der Waals surface area contributed by atoms with E-state index in [0.29, 0.717) is 53.6 Å². The molecule has 0 unspecified atom stereocenters. The van der Waals surface area contributed by atoms with E-state index in [9.17, 15) is 9.18 Å². The number of anilines is 3. The highest BCUT2D eigenvalue weighted by atomic mass is 32.1. The van der Waals surface area contributed by atoms with Crippen LogP contribution in [0.5, 0.6) is 0 Å². The Bertz CT molecular complexity index is 956. The first-order valence-corrected chi connectivity index (χ1v) is 9.59. The number of piperazine rings is 1. The van der Waals surface area contributed by atoms with Crippen LogP contribution < -0.4 is 10.2 Å². The summed E-state index contributed by atoms with van der Waals surface area (Å²) in [6, 6.07) is 4.62. The fourth-order valence-corrected chi connectivity index (χ4v) is 3.86. The van der Waals surface area contributed by atoms with Crippen LogP contribution in [0.1, 0.15) is 15.4 Å². The molecule has 0 bridgehead atoms. The number of aromatic nitrogens is 4. The van der Waals surface area contributed by atoms with Gasteiger partial charge in [-0.2, -0.15) is 0 Å². The van der Waals surface area contributed by atoms with Gasteiger partial charge in [0.25, 0.3) is 5.91 Å². The molecule has 10 heteroatoms. The molecule has 3 aromatic rings. The number of hydrogen-bond acceptors (Lipinski definition) is 8. The molecule has 0 aliphatic carbocycles. The van der Waals surface area contributed by atoms with Crippen molar-refractivity contribution in [1.29, 1.82) is 0 Å². The number of pyridine rings is 1. The molecular weight excluding hydrogens is 381 g/mol. The van der Waals surface area contributed by atoms with Crippen molar-refractivity contribution in [1.82, 2.24) is 24.8 Å². The first-order chi connectivity index (χ1) is 13.6. The van der Waals surface area contributed by atoms with Crippen LogP contribution in [-0.2, 0) is 0 Å². The van der Waals surface area contributed by atoms with E-state index >= 15 is 0 Å². The average Bonchev–Trinajstić information content (AvgIpc) is 3.10. The maximum atomic E-state index is 13.0. The van der Waals surface area contributed by atoms with Crippen molar-refractivity contribution in [3.05, 3.63) is 53.2 Å². The summed E-state index contributed by atoms with van der Waals surface area (Å²) in [4.78, 5) is 34.3. The van der Waals surface area contributed by atoms with E-state index in [1.807, 2.05) is 4.90 Å². The van der Waals surface area contributed by atoms with Crippen LogP contribution in [-0.4, -0.2) is 56.9 Å². The van der Waals surface area contributed by atoms with Gasteiger partial charge in [0.05, 0.1) is 11.9 Å². The summed E-state index contributed by atoms with van der Waals surface area (Å²) in [7, 11) is 0. The topological polar surface area (TPSA) is 87.1 Å². The second kappa shape index (κ2) is 7.85. The molecular formula is C18H18FN7OS. The zero-order valence-electron chi connectivity index (χ0n) is 15.2. The van der Waals surface area contributed by atoms with E-state index < -0.39 is 5.82 Å². The number of hydrogen-bond donors (Lipinski definition) is 1. The first kappa shape index (κ1) is 18.2. The molecule has 0 saturated carbocycles. The molecule has 1 amide bonds. The highest BCUT2D eigenvalue weighted by Gasteiger charge is 2.26. The number of carbonyl (C=O) groups is 1. The minimum absolute atomic E-state index is 0.0382. The number of nitrogens with zero attached hydrogens (tertiary/aromatic N) is 6. The smallest absolute Gasteiger partial charge is 0.266 e. The SMILES string of the molecule is Cc1nc(Nc2ccc(F)cn2)sc1C(=O)N1CCN(c2ncccn2)CC1. The Labute approximate surface area is 165 Å². The van der Waals surface area contributed by atoms with E-state index in [1.54, 1.807) is 25.4 Å². The zero-order valence-corrected chi connectivity index (χ0v) is 16.0. The predicted octanol–water partition coefficient (Wildman–Crippen LogP) is 2.48. The largest absolute Gasteiger partial charge is 0.337 e. The fourth-order valence-electron chi connectivity index (χ4n) is 2.92. The van der Waals surface area contributed by atoms with Gasteiger partial charge in [-0.3, -0.25) is 4.79 Å². The standard InChI is InChI=1S/C18H18FN7OS/c1-12-15(28-18(23-12)24-14-4-3-13(19)11-22-14)16(27)25-7-9-26(10-8-25)17-20-5-2-6-21-17/h2-6,11H,7-10H2,1H3,(H,22,23,24). The van der Waals surface area contributed by atoms with E-state index in [-0.39, 0.29) is 5.91 Å². The minimum Gasteiger partial charge on any atom is -0.337 e. The number of amides is 1. The third-order valence-electron chi connectivity index (χ3n) is 4.36. The molecule has 8 nitrogen and oxygen atoms in total. The highest BCUT2D eigenvalue weighted by molar-refractivity contribution is 7.17. The number of nitrogens with one attached hydrogen (secondary N) is 1. The van der Waals surface area contributed by atoms with Crippen LogP contribution in [0.3, 0.4) is 0 Å². The Morgan fingerprint density at radius 3 is 2.57 bits per heavy atom. The highest BCUT2D eigenvalue weighted by Crippen LogP contribution is 2.27. The molecule has 1 saturated heterocycles. The molecule has 28 heavy (non-hydrogen) atoms. The lowest BCUT2D eigenvalue weighted by Gasteiger charge is -2.34. The van der Waals surface area contributed by atoms with Gasteiger partial charge >= 0.3 is 0 Å². The number of thiazole rings is 1. The quantitative estimate of drug-likeness (QED) is 0.721. The summed E-state index contributed by atoms with van der Waals surface area (Å²) in [5.74, 6) is 0.716. The number of aryl methyl sites for hydroxylation is 1. The van der Waals surface area contributed by atoms with Crippen molar-refractivity contribution in [3.63, 3.8) is 0 Å². The molecule has 0 atom stereocenters. The molecule has 3 aromatic heterocycles. The van der Waals surface area contributed by atoms with Crippen molar-refractivity contribution >= 4 is 34.1 Å². The summed E-state index contributed by atoms with van der Waals surface area (Å²) >= 11 is 1.27. The monoisotopic (exact) mass is 399 g/mol. The Morgan fingerprint density at radius 1 is 1.14 bits per heavy atom. The van der Waals surface area contributed by atoms with Gasteiger partial charge in [-0.25, -0.2) is 24.3 Å². The fraction of sp³-hybridized carbons (Fsp3) is 0.278. The van der Waals surface area contributed by atoms with Gasteiger partial charge in [0, 0.05) is 38.6 Å². The van der Waals surface area contributed by atoms with Gasteiger partial charge in [0.2, 0.25) is 5.95 Å². The molecule has 1 aliphatic heterocycles. The molecule has 144 valence electrons. The van der Waals surface area contributed by atoms with Crippen LogP contribution in [0, 0.1) is 12.7 Å². The molecule has 1 aliphatic rings. The summed E-state index contributed by atoms with van der Waals surface area (Å²) in [6.45, 7) is 4.35.